The van der Waals surface area contributed by atoms with E-state index in [1.807, 2.05) is 25.1 Å². The number of halogens is 1. The van der Waals surface area contributed by atoms with Gasteiger partial charge in [-0.2, -0.15) is 0 Å². The predicted octanol–water partition coefficient (Wildman–Crippen LogP) is 3.57. The van der Waals surface area contributed by atoms with Crippen LogP contribution in [0.15, 0.2) is 36.4 Å². The summed E-state index contributed by atoms with van der Waals surface area (Å²) < 4.78 is 0. The molecule has 0 radical (unpaired) electrons. The number of hydrogen-bond donors (Lipinski definition) is 1. The average Bonchev–Trinajstić information content (AvgIpc) is 2.47. The molecule has 0 saturated carbocycles. The molecule has 2 rings (SSSR count). The van der Waals surface area contributed by atoms with Crippen LogP contribution in [0.2, 0.25) is 5.02 Å². The minimum absolute atomic E-state index is 0.615. The first kappa shape index (κ1) is 15.8. The first-order chi connectivity index (χ1) is 10.1. The van der Waals surface area contributed by atoms with Gasteiger partial charge in [0.2, 0.25) is 0 Å². The van der Waals surface area contributed by atoms with Gasteiger partial charge in [0.05, 0.1) is 12.2 Å². The highest BCUT2D eigenvalue weighted by molar-refractivity contribution is 6.31. The summed E-state index contributed by atoms with van der Waals surface area (Å²) in [5.41, 5.74) is 9.92. The number of nitrogens with zero attached hydrogens (tertiary/aromatic N) is 2. The molecule has 0 aliphatic heterocycles. The smallest absolute Gasteiger partial charge is 0.0602 e. The van der Waals surface area contributed by atoms with E-state index in [2.05, 4.69) is 35.0 Å². The van der Waals surface area contributed by atoms with E-state index in [0.717, 1.165) is 47.2 Å². The molecule has 0 aliphatic rings. The highest BCUT2D eigenvalue weighted by Crippen LogP contribution is 2.25. The number of benzene rings is 1. The van der Waals surface area contributed by atoms with E-state index >= 15 is 0 Å². The van der Waals surface area contributed by atoms with E-state index in [-0.39, 0.29) is 0 Å². The Morgan fingerprint density at radius 1 is 1.24 bits per heavy atom. The minimum atomic E-state index is 0.615. The number of rotatable bonds is 6. The lowest BCUT2D eigenvalue weighted by Gasteiger charge is -2.23. The standard InChI is InChI=1S/C17H22ClN3/c1-3-21(12-15-6-4-5-13(2)20-15)16-8-7-14(9-10-19)17(18)11-16/h4-8,11H,3,9-10,12,19H2,1-2H3. The van der Waals surface area contributed by atoms with Crippen LogP contribution in [-0.2, 0) is 13.0 Å². The summed E-state index contributed by atoms with van der Waals surface area (Å²) >= 11 is 6.34. The van der Waals surface area contributed by atoms with E-state index in [1.165, 1.54) is 0 Å². The van der Waals surface area contributed by atoms with Crippen molar-refractivity contribution < 1.29 is 0 Å². The van der Waals surface area contributed by atoms with E-state index in [4.69, 9.17) is 17.3 Å². The predicted molar refractivity (Wildman–Crippen MR) is 89.9 cm³/mol. The number of aromatic nitrogens is 1. The Hall–Kier alpha value is -1.58. The normalized spacial score (nSPS) is 10.7. The maximum Gasteiger partial charge on any atom is 0.0602 e. The molecule has 2 aromatic rings. The summed E-state index contributed by atoms with van der Waals surface area (Å²) in [6, 6.07) is 12.3. The molecule has 0 aliphatic carbocycles. The molecule has 0 unspecified atom stereocenters. The van der Waals surface area contributed by atoms with Crippen molar-refractivity contribution in [2.24, 2.45) is 5.73 Å². The second kappa shape index (κ2) is 7.43. The molecule has 0 bridgehead atoms. The van der Waals surface area contributed by atoms with Crippen LogP contribution >= 0.6 is 11.6 Å². The Bertz CT molecular complexity index is 598. The molecular formula is C17H22ClN3. The third-order valence-electron chi connectivity index (χ3n) is 3.50. The summed E-state index contributed by atoms with van der Waals surface area (Å²) in [7, 11) is 0. The van der Waals surface area contributed by atoms with Crippen LogP contribution in [0.5, 0.6) is 0 Å². The van der Waals surface area contributed by atoms with Crippen LogP contribution in [0.1, 0.15) is 23.9 Å². The summed E-state index contributed by atoms with van der Waals surface area (Å²) in [5, 5.41) is 0.786. The zero-order valence-corrected chi connectivity index (χ0v) is 13.4. The molecular weight excluding hydrogens is 282 g/mol. The van der Waals surface area contributed by atoms with Crippen LogP contribution < -0.4 is 10.6 Å². The first-order valence-electron chi connectivity index (χ1n) is 7.30. The van der Waals surface area contributed by atoms with Gasteiger partial charge in [-0.05, 0) is 56.6 Å². The quantitative estimate of drug-likeness (QED) is 0.887. The van der Waals surface area contributed by atoms with Gasteiger partial charge in [0, 0.05) is 22.9 Å². The van der Waals surface area contributed by atoms with Crippen LogP contribution in [0.3, 0.4) is 0 Å². The third kappa shape index (κ3) is 4.19. The third-order valence-corrected chi connectivity index (χ3v) is 3.85. The lowest BCUT2D eigenvalue weighted by molar-refractivity contribution is 0.805. The van der Waals surface area contributed by atoms with Gasteiger partial charge < -0.3 is 10.6 Å². The molecule has 0 spiro atoms. The molecule has 2 N–H and O–H groups in total. The number of pyridine rings is 1. The highest BCUT2D eigenvalue weighted by atomic mass is 35.5. The molecule has 21 heavy (non-hydrogen) atoms. The Kier molecular flexibility index (Phi) is 5.59. The fraction of sp³-hybridized carbons (Fsp3) is 0.353. The van der Waals surface area contributed by atoms with Gasteiger partial charge in [0.15, 0.2) is 0 Å². The van der Waals surface area contributed by atoms with Crippen molar-refractivity contribution >= 4 is 17.3 Å². The van der Waals surface area contributed by atoms with Gasteiger partial charge in [-0.1, -0.05) is 23.7 Å². The largest absolute Gasteiger partial charge is 0.366 e. The van der Waals surface area contributed by atoms with Gasteiger partial charge >= 0.3 is 0 Å². The van der Waals surface area contributed by atoms with E-state index < -0.39 is 0 Å². The lowest BCUT2D eigenvalue weighted by atomic mass is 10.1. The zero-order valence-electron chi connectivity index (χ0n) is 12.6. The molecule has 0 saturated heterocycles. The van der Waals surface area contributed by atoms with Crippen LogP contribution in [-0.4, -0.2) is 18.1 Å². The first-order valence-corrected chi connectivity index (χ1v) is 7.67. The molecule has 0 atom stereocenters. The Morgan fingerprint density at radius 3 is 2.67 bits per heavy atom. The van der Waals surface area contributed by atoms with Crippen LogP contribution in [0.25, 0.3) is 0 Å². The number of hydrogen-bond acceptors (Lipinski definition) is 3. The number of aryl methyl sites for hydroxylation is 1. The van der Waals surface area contributed by atoms with Gasteiger partial charge in [-0.3, -0.25) is 4.98 Å². The molecule has 112 valence electrons. The van der Waals surface area contributed by atoms with Crippen LogP contribution in [0, 0.1) is 6.92 Å². The minimum Gasteiger partial charge on any atom is -0.366 e. The van der Waals surface area contributed by atoms with Crippen molar-refractivity contribution in [3.8, 4) is 0 Å². The van der Waals surface area contributed by atoms with Crippen LogP contribution in [0.4, 0.5) is 5.69 Å². The summed E-state index contributed by atoms with van der Waals surface area (Å²) in [6.45, 7) is 6.45. The van der Waals surface area contributed by atoms with Crippen molar-refractivity contribution in [3.63, 3.8) is 0 Å². The second-order valence-corrected chi connectivity index (χ2v) is 5.51. The second-order valence-electron chi connectivity index (χ2n) is 5.10. The summed E-state index contributed by atoms with van der Waals surface area (Å²) in [4.78, 5) is 6.83. The molecule has 0 amide bonds. The topological polar surface area (TPSA) is 42.2 Å². The Balaban J connectivity index is 2.19. The summed E-state index contributed by atoms with van der Waals surface area (Å²) in [5.74, 6) is 0. The van der Waals surface area contributed by atoms with Crippen molar-refractivity contribution in [3.05, 3.63) is 58.4 Å². The highest BCUT2D eigenvalue weighted by Gasteiger charge is 2.09. The molecule has 1 aromatic heterocycles. The Morgan fingerprint density at radius 2 is 2.05 bits per heavy atom. The van der Waals surface area contributed by atoms with Gasteiger partial charge in [0.1, 0.15) is 0 Å². The maximum atomic E-state index is 6.34. The molecule has 1 heterocycles. The van der Waals surface area contributed by atoms with Gasteiger partial charge in [-0.15, -0.1) is 0 Å². The lowest BCUT2D eigenvalue weighted by Crippen LogP contribution is -2.22. The SMILES string of the molecule is CCN(Cc1cccc(C)n1)c1ccc(CCN)c(Cl)c1. The van der Waals surface area contributed by atoms with Crippen molar-refractivity contribution in [1.82, 2.24) is 4.98 Å². The van der Waals surface area contributed by atoms with Crippen molar-refractivity contribution in [1.29, 1.82) is 0 Å². The number of anilines is 1. The van der Waals surface area contributed by atoms with E-state index in [9.17, 15) is 0 Å². The van der Waals surface area contributed by atoms with Gasteiger partial charge in [0.25, 0.3) is 0 Å². The zero-order chi connectivity index (χ0) is 15.2. The molecule has 1 aromatic carbocycles. The van der Waals surface area contributed by atoms with Crippen molar-refractivity contribution in [2.45, 2.75) is 26.8 Å². The van der Waals surface area contributed by atoms with Crippen molar-refractivity contribution in [2.75, 3.05) is 18.0 Å². The number of nitrogens with two attached hydrogens (primary N) is 1. The maximum absolute atomic E-state index is 6.34. The molecule has 0 fully saturated rings. The van der Waals surface area contributed by atoms with E-state index in [1.54, 1.807) is 0 Å². The summed E-state index contributed by atoms with van der Waals surface area (Å²) in [6.07, 6.45) is 0.810. The monoisotopic (exact) mass is 303 g/mol. The van der Waals surface area contributed by atoms with Gasteiger partial charge in [-0.25, -0.2) is 0 Å². The van der Waals surface area contributed by atoms with E-state index in [0.29, 0.717) is 6.54 Å². The molecule has 3 nitrogen and oxygen atoms in total. The fourth-order valence-corrected chi connectivity index (χ4v) is 2.63. The fourth-order valence-electron chi connectivity index (χ4n) is 2.36. The average molecular weight is 304 g/mol. The Labute approximate surface area is 131 Å². The molecule has 4 heteroatoms.